The Morgan fingerprint density at radius 1 is 1.08 bits per heavy atom. The van der Waals surface area contributed by atoms with Crippen LogP contribution in [0, 0.1) is 0 Å². The molecule has 2 aromatic rings. The van der Waals surface area contributed by atoms with Crippen molar-refractivity contribution in [3.05, 3.63) is 52.2 Å². The van der Waals surface area contributed by atoms with Crippen molar-refractivity contribution < 1.29 is 19.1 Å². The van der Waals surface area contributed by atoms with Crippen molar-refractivity contribution in [3.63, 3.8) is 0 Å². The van der Waals surface area contributed by atoms with E-state index < -0.39 is 12.1 Å². The lowest BCUT2D eigenvalue weighted by Gasteiger charge is -2.15. The van der Waals surface area contributed by atoms with E-state index in [2.05, 4.69) is 10.6 Å². The van der Waals surface area contributed by atoms with Crippen LogP contribution in [0.15, 0.2) is 41.8 Å². The maximum absolute atomic E-state index is 12.2. The molecule has 2 N–H and O–H groups in total. The lowest BCUT2D eigenvalue weighted by Crippen LogP contribution is -2.39. The van der Waals surface area contributed by atoms with Crippen molar-refractivity contribution in [1.29, 1.82) is 0 Å². The summed E-state index contributed by atoms with van der Waals surface area (Å²) in [5.41, 5.74) is 0.736. The number of hydrogen-bond donors (Lipinski definition) is 2. The van der Waals surface area contributed by atoms with Crippen LogP contribution < -0.4 is 10.6 Å². The normalized spacial score (nSPS) is 11.7. The van der Waals surface area contributed by atoms with Crippen LogP contribution in [0.25, 0.3) is 0 Å². The molecule has 0 bridgehead atoms. The van der Waals surface area contributed by atoms with Crippen molar-refractivity contribution in [2.45, 2.75) is 32.9 Å². The predicted molar refractivity (Wildman–Crippen MR) is 96.9 cm³/mol. The van der Waals surface area contributed by atoms with Gasteiger partial charge in [-0.1, -0.05) is 12.1 Å². The summed E-state index contributed by atoms with van der Waals surface area (Å²) in [6, 6.07) is 9.86. The van der Waals surface area contributed by atoms with Gasteiger partial charge in [-0.3, -0.25) is 9.59 Å². The van der Waals surface area contributed by atoms with Crippen molar-refractivity contribution >= 4 is 34.8 Å². The van der Waals surface area contributed by atoms with Crippen LogP contribution in [0.2, 0.25) is 0 Å². The van der Waals surface area contributed by atoms with E-state index in [9.17, 15) is 14.4 Å². The highest BCUT2D eigenvalue weighted by atomic mass is 32.1. The van der Waals surface area contributed by atoms with Crippen molar-refractivity contribution in [2.75, 3.05) is 5.32 Å². The van der Waals surface area contributed by atoms with Crippen LogP contribution in [-0.4, -0.2) is 29.9 Å². The lowest BCUT2D eigenvalue weighted by atomic mass is 10.2. The van der Waals surface area contributed by atoms with Crippen LogP contribution in [0.4, 0.5) is 5.69 Å². The molecule has 0 saturated carbocycles. The molecule has 0 saturated heterocycles. The fraction of sp³-hybridized carbons (Fsp3) is 0.278. The Morgan fingerprint density at radius 2 is 1.84 bits per heavy atom. The molecule has 0 radical (unpaired) electrons. The number of esters is 1. The zero-order valence-corrected chi connectivity index (χ0v) is 15.1. The Labute approximate surface area is 150 Å². The first-order valence-corrected chi connectivity index (χ1v) is 8.71. The first-order valence-electron chi connectivity index (χ1n) is 7.83. The second kappa shape index (κ2) is 8.43. The van der Waals surface area contributed by atoms with E-state index in [0.717, 1.165) is 0 Å². The van der Waals surface area contributed by atoms with Crippen LogP contribution >= 0.6 is 11.3 Å². The third-order valence-corrected chi connectivity index (χ3v) is 4.05. The van der Waals surface area contributed by atoms with Crippen molar-refractivity contribution in [3.8, 4) is 0 Å². The largest absolute Gasteiger partial charge is 0.449 e. The molecule has 6 nitrogen and oxygen atoms in total. The number of benzene rings is 1. The fourth-order valence-electron chi connectivity index (χ4n) is 2.01. The van der Waals surface area contributed by atoms with Gasteiger partial charge >= 0.3 is 5.97 Å². The van der Waals surface area contributed by atoms with Gasteiger partial charge in [0.15, 0.2) is 6.10 Å². The van der Waals surface area contributed by atoms with E-state index in [1.54, 1.807) is 30.3 Å². The molecule has 1 unspecified atom stereocenters. The van der Waals surface area contributed by atoms with Gasteiger partial charge < -0.3 is 15.4 Å². The monoisotopic (exact) mass is 360 g/mol. The minimum atomic E-state index is -0.903. The molecule has 0 aliphatic heterocycles. The molecule has 0 spiro atoms. The first kappa shape index (κ1) is 18.7. The number of carbonyl (C=O) groups excluding carboxylic acids is 3. The summed E-state index contributed by atoms with van der Waals surface area (Å²) in [6.07, 6.45) is -0.903. The Bertz CT molecular complexity index is 756. The first-order chi connectivity index (χ1) is 11.9. The van der Waals surface area contributed by atoms with Gasteiger partial charge in [-0.25, -0.2) is 4.79 Å². The average molecular weight is 360 g/mol. The quantitative estimate of drug-likeness (QED) is 0.776. The van der Waals surface area contributed by atoms with Gasteiger partial charge in [0.2, 0.25) is 0 Å². The van der Waals surface area contributed by atoms with Gasteiger partial charge in [0.25, 0.3) is 11.8 Å². The molecule has 1 heterocycles. The maximum atomic E-state index is 12.2. The Morgan fingerprint density at radius 3 is 2.48 bits per heavy atom. The van der Waals surface area contributed by atoms with Crippen molar-refractivity contribution in [1.82, 2.24) is 5.32 Å². The summed E-state index contributed by atoms with van der Waals surface area (Å²) < 4.78 is 5.17. The van der Waals surface area contributed by atoms with Crippen LogP contribution in [0.5, 0.6) is 0 Å². The van der Waals surface area contributed by atoms with E-state index in [0.29, 0.717) is 10.6 Å². The van der Waals surface area contributed by atoms with E-state index in [4.69, 9.17) is 4.74 Å². The molecule has 132 valence electrons. The highest BCUT2D eigenvalue weighted by molar-refractivity contribution is 7.12. The second-order valence-corrected chi connectivity index (χ2v) is 6.67. The average Bonchev–Trinajstić information content (AvgIpc) is 3.09. The zero-order chi connectivity index (χ0) is 18.4. The van der Waals surface area contributed by atoms with Gasteiger partial charge in [-0.05, 0) is 50.4 Å². The summed E-state index contributed by atoms with van der Waals surface area (Å²) in [4.78, 5) is 36.7. The summed E-state index contributed by atoms with van der Waals surface area (Å²) in [5.74, 6) is -1.23. The zero-order valence-electron chi connectivity index (χ0n) is 14.2. The van der Waals surface area contributed by atoms with E-state index >= 15 is 0 Å². The van der Waals surface area contributed by atoms with Crippen molar-refractivity contribution in [2.24, 2.45) is 0 Å². The van der Waals surface area contributed by atoms with E-state index in [1.165, 1.54) is 24.3 Å². The fourth-order valence-corrected chi connectivity index (χ4v) is 2.63. The van der Waals surface area contributed by atoms with Gasteiger partial charge in [0.1, 0.15) is 0 Å². The van der Waals surface area contributed by atoms with Crippen LogP contribution in [0.3, 0.4) is 0 Å². The van der Waals surface area contributed by atoms with Gasteiger partial charge in [0.05, 0.1) is 10.4 Å². The lowest BCUT2D eigenvalue weighted by molar-refractivity contribution is -0.129. The SMILES string of the molecule is CC(C)NC(=O)C(C)OC(=O)c1cccc(NC(=O)c2cccs2)c1. The maximum Gasteiger partial charge on any atom is 0.338 e. The van der Waals surface area contributed by atoms with Crippen LogP contribution in [-0.2, 0) is 9.53 Å². The summed E-state index contributed by atoms with van der Waals surface area (Å²) in [7, 11) is 0. The molecule has 2 rings (SSSR count). The van der Waals surface area contributed by atoms with Gasteiger partial charge in [0, 0.05) is 11.7 Å². The third-order valence-electron chi connectivity index (χ3n) is 3.19. The molecule has 25 heavy (non-hydrogen) atoms. The molecule has 0 aliphatic carbocycles. The number of anilines is 1. The molecule has 0 aliphatic rings. The summed E-state index contributed by atoms with van der Waals surface area (Å²) in [6.45, 7) is 5.16. The molecular weight excluding hydrogens is 340 g/mol. The number of thiophene rings is 1. The number of carbonyl (C=O) groups is 3. The van der Waals surface area contributed by atoms with E-state index in [-0.39, 0.29) is 23.4 Å². The molecule has 2 amide bonds. The highest BCUT2D eigenvalue weighted by Gasteiger charge is 2.19. The smallest absolute Gasteiger partial charge is 0.338 e. The Kier molecular flexibility index (Phi) is 6.30. The topological polar surface area (TPSA) is 84.5 Å². The summed E-state index contributed by atoms with van der Waals surface area (Å²) >= 11 is 1.33. The number of amides is 2. The minimum absolute atomic E-state index is 0.0376. The van der Waals surface area contributed by atoms with Crippen LogP contribution in [0.1, 0.15) is 40.8 Å². The second-order valence-electron chi connectivity index (χ2n) is 5.72. The highest BCUT2D eigenvalue weighted by Crippen LogP contribution is 2.16. The number of ether oxygens (including phenoxy) is 1. The van der Waals surface area contributed by atoms with Gasteiger partial charge in [-0.15, -0.1) is 11.3 Å². The number of nitrogens with one attached hydrogen (secondary N) is 2. The molecule has 7 heteroatoms. The third kappa shape index (κ3) is 5.42. The number of hydrogen-bond acceptors (Lipinski definition) is 5. The Hall–Kier alpha value is -2.67. The Balaban J connectivity index is 2.01. The van der Waals surface area contributed by atoms with Gasteiger partial charge in [-0.2, -0.15) is 0 Å². The minimum Gasteiger partial charge on any atom is -0.449 e. The summed E-state index contributed by atoms with van der Waals surface area (Å²) in [5, 5.41) is 7.22. The standard InChI is InChI=1S/C18H20N2O4S/c1-11(2)19-16(21)12(3)24-18(23)13-6-4-7-14(10-13)20-17(22)15-8-5-9-25-15/h4-12H,1-3H3,(H,19,21)(H,20,22). The molecule has 0 fully saturated rings. The molecule has 1 aromatic heterocycles. The molecule has 1 atom stereocenters. The molecule has 1 aromatic carbocycles. The number of rotatable bonds is 6. The predicted octanol–water partition coefficient (Wildman–Crippen LogP) is 3.07. The molecular formula is C18H20N2O4S. The van der Waals surface area contributed by atoms with E-state index in [1.807, 2.05) is 19.2 Å².